The summed E-state index contributed by atoms with van der Waals surface area (Å²) in [5.41, 5.74) is 1.83. The lowest BCUT2D eigenvalue weighted by Gasteiger charge is -2.29. The molecule has 0 atom stereocenters. The molecule has 3 aliphatic rings. The number of halogens is 4. The van der Waals surface area contributed by atoms with E-state index >= 15 is 0 Å². The fraction of sp³-hybridized carbons (Fsp3) is 0.344. The van der Waals surface area contributed by atoms with Gasteiger partial charge < -0.3 is 29.2 Å². The van der Waals surface area contributed by atoms with Crippen molar-refractivity contribution < 1.29 is 36.9 Å². The highest BCUT2D eigenvalue weighted by atomic mass is 35.5. The molecule has 0 spiro atoms. The second-order valence-corrected chi connectivity index (χ2v) is 10.9. The van der Waals surface area contributed by atoms with E-state index in [9.17, 15) is 18.0 Å². The van der Waals surface area contributed by atoms with E-state index in [0.29, 0.717) is 61.3 Å². The summed E-state index contributed by atoms with van der Waals surface area (Å²) in [6, 6.07) is 16.8. The van der Waals surface area contributed by atoms with Gasteiger partial charge in [0.05, 0.1) is 10.6 Å². The molecule has 1 saturated carbocycles. The van der Waals surface area contributed by atoms with E-state index in [1.54, 1.807) is 23.1 Å². The van der Waals surface area contributed by atoms with E-state index in [4.69, 9.17) is 30.5 Å². The summed E-state index contributed by atoms with van der Waals surface area (Å²) in [7, 11) is 0. The summed E-state index contributed by atoms with van der Waals surface area (Å²) in [6.07, 6.45) is -2.31. The predicted octanol–water partition coefficient (Wildman–Crippen LogP) is 6.48. The standard InChI is InChI=1S/C32H30ClF3N2O5/c33-30-21(2-1-3-27(30)32(34,35)36)18-38(22-6-7-22)31(39)26-17-37-13-12-25(26)20-4-8-23(9-5-20)40-14-15-41-24-10-11-28-29(16-24)43-19-42-28/h1-5,8-11,16,22,37H,6-7,12-15,17-19H2. The molecule has 3 aromatic carbocycles. The second-order valence-electron chi connectivity index (χ2n) is 10.6. The van der Waals surface area contributed by atoms with Crippen LogP contribution in [0.1, 0.15) is 36.0 Å². The maximum absolute atomic E-state index is 13.9. The molecule has 6 rings (SSSR count). The van der Waals surface area contributed by atoms with Crippen LogP contribution in [0.25, 0.3) is 5.57 Å². The average molecular weight is 615 g/mol. The zero-order valence-corrected chi connectivity index (χ0v) is 24.0. The molecular weight excluding hydrogens is 585 g/mol. The molecule has 43 heavy (non-hydrogen) atoms. The van der Waals surface area contributed by atoms with Gasteiger partial charge in [-0.05, 0) is 72.8 Å². The number of amides is 1. The van der Waals surface area contributed by atoms with Crippen molar-refractivity contribution >= 4 is 23.1 Å². The average Bonchev–Trinajstić information content (AvgIpc) is 3.74. The first-order valence-corrected chi connectivity index (χ1v) is 14.5. The van der Waals surface area contributed by atoms with E-state index in [1.807, 2.05) is 30.3 Å². The van der Waals surface area contributed by atoms with Crippen LogP contribution in [0.15, 0.2) is 66.2 Å². The molecule has 2 aliphatic heterocycles. The SMILES string of the molecule is O=C(C1=C(c2ccc(OCCOc3ccc4c(c3)OCO4)cc2)CCNC1)N(Cc1cccc(C(F)(F)F)c1Cl)C1CC1. The summed E-state index contributed by atoms with van der Waals surface area (Å²) < 4.78 is 62.6. The van der Waals surface area contributed by atoms with Crippen LogP contribution in [0, 0.1) is 0 Å². The summed E-state index contributed by atoms with van der Waals surface area (Å²) in [4.78, 5) is 15.6. The summed E-state index contributed by atoms with van der Waals surface area (Å²) >= 11 is 6.18. The van der Waals surface area contributed by atoms with Gasteiger partial charge in [-0.15, -0.1) is 0 Å². The van der Waals surface area contributed by atoms with Crippen LogP contribution in [0.3, 0.4) is 0 Å². The number of nitrogens with zero attached hydrogens (tertiary/aromatic N) is 1. The van der Waals surface area contributed by atoms with Gasteiger partial charge in [-0.2, -0.15) is 13.2 Å². The quantitative estimate of drug-likeness (QED) is 0.264. The minimum absolute atomic E-state index is 0.0180. The molecule has 7 nitrogen and oxygen atoms in total. The van der Waals surface area contributed by atoms with Crippen LogP contribution >= 0.6 is 11.6 Å². The first kappa shape index (κ1) is 29.2. The molecule has 1 fully saturated rings. The lowest BCUT2D eigenvalue weighted by molar-refractivity contribution is -0.137. The normalized spacial score (nSPS) is 16.3. The summed E-state index contributed by atoms with van der Waals surface area (Å²) in [6.45, 7) is 1.98. The van der Waals surface area contributed by atoms with Gasteiger partial charge in [-0.25, -0.2) is 0 Å². The monoisotopic (exact) mass is 614 g/mol. The number of carbonyl (C=O) groups is 1. The zero-order chi connectivity index (χ0) is 30.0. The number of alkyl halides is 3. The zero-order valence-electron chi connectivity index (χ0n) is 23.2. The Morgan fingerprint density at radius 1 is 0.977 bits per heavy atom. The number of hydrogen-bond acceptors (Lipinski definition) is 6. The number of hydrogen-bond donors (Lipinski definition) is 1. The van der Waals surface area contributed by atoms with E-state index in [0.717, 1.165) is 30.0 Å². The van der Waals surface area contributed by atoms with Crippen molar-refractivity contribution in [1.29, 1.82) is 0 Å². The van der Waals surface area contributed by atoms with Gasteiger partial charge >= 0.3 is 6.18 Å². The lowest BCUT2D eigenvalue weighted by Crippen LogP contribution is -2.39. The van der Waals surface area contributed by atoms with Crippen molar-refractivity contribution in [1.82, 2.24) is 10.2 Å². The van der Waals surface area contributed by atoms with E-state index < -0.39 is 11.7 Å². The molecule has 226 valence electrons. The van der Waals surface area contributed by atoms with Gasteiger partial charge in [0.1, 0.15) is 24.7 Å². The van der Waals surface area contributed by atoms with E-state index in [-0.39, 0.29) is 35.9 Å². The highest BCUT2D eigenvalue weighted by Gasteiger charge is 2.38. The van der Waals surface area contributed by atoms with Crippen molar-refractivity contribution in [3.63, 3.8) is 0 Å². The second kappa shape index (κ2) is 12.4. The molecule has 3 aromatic rings. The smallest absolute Gasteiger partial charge is 0.417 e. The molecule has 0 unspecified atom stereocenters. The number of ether oxygens (including phenoxy) is 4. The molecule has 0 saturated heterocycles. The van der Waals surface area contributed by atoms with Crippen molar-refractivity contribution in [3.05, 3.63) is 87.9 Å². The van der Waals surface area contributed by atoms with Gasteiger partial charge in [0.15, 0.2) is 11.5 Å². The van der Waals surface area contributed by atoms with Crippen LogP contribution in [0.2, 0.25) is 5.02 Å². The van der Waals surface area contributed by atoms with Crippen molar-refractivity contribution in [2.24, 2.45) is 0 Å². The van der Waals surface area contributed by atoms with Crippen molar-refractivity contribution in [3.8, 4) is 23.0 Å². The van der Waals surface area contributed by atoms with Crippen LogP contribution in [-0.4, -0.2) is 49.9 Å². The number of benzene rings is 3. The Morgan fingerprint density at radius 2 is 1.70 bits per heavy atom. The Hall–Kier alpha value is -3.89. The van der Waals surface area contributed by atoms with Crippen LogP contribution < -0.4 is 24.3 Å². The van der Waals surface area contributed by atoms with Gasteiger partial charge in [0, 0.05) is 30.8 Å². The third-order valence-electron chi connectivity index (χ3n) is 7.62. The Kier molecular flexibility index (Phi) is 8.41. The largest absolute Gasteiger partial charge is 0.490 e. The minimum Gasteiger partial charge on any atom is -0.490 e. The van der Waals surface area contributed by atoms with Gasteiger partial charge in [-0.3, -0.25) is 4.79 Å². The lowest BCUT2D eigenvalue weighted by atomic mass is 9.93. The Labute approximate surface area is 252 Å². The highest BCUT2D eigenvalue weighted by Crippen LogP contribution is 2.39. The molecule has 0 radical (unpaired) electrons. The van der Waals surface area contributed by atoms with Gasteiger partial charge in [0.25, 0.3) is 5.91 Å². The Balaban J connectivity index is 1.12. The summed E-state index contributed by atoms with van der Waals surface area (Å²) in [5.74, 6) is 2.49. The molecule has 1 amide bonds. The molecule has 1 aliphatic carbocycles. The fourth-order valence-corrected chi connectivity index (χ4v) is 5.57. The molecular formula is C32H30ClF3N2O5. The Morgan fingerprint density at radius 3 is 2.44 bits per heavy atom. The number of fused-ring (bicyclic) bond motifs is 1. The number of rotatable bonds is 10. The number of carbonyl (C=O) groups excluding carboxylic acids is 1. The van der Waals surface area contributed by atoms with Crippen molar-refractivity contribution in [2.75, 3.05) is 33.1 Å². The van der Waals surface area contributed by atoms with Crippen LogP contribution in [-0.2, 0) is 17.5 Å². The Bertz CT molecular complexity index is 1520. The summed E-state index contributed by atoms with van der Waals surface area (Å²) in [5, 5.41) is 2.91. The van der Waals surface area contributed by atoms with E-state index in [2.05, 4.69) is 5.32 Å². The maximum atomic E-state index is 13.9. The molecule has 0 aromatic heterocycles. The van der Waals surface area contributed by atoms with Gasteiger partial charge in [-0.1, -0.05) is 35.9 Å². The third kappa shape index (κ3) is 6.70. The van der Waals surface area contributed by atoms with Crippen LogP contribution in [0.4, 0.5) is 13.2 Å². The van der Waals surface area contributed by atoms with E-state index in [1.165, 1.54) is 6.07 Å². The third-order valence-corrected chi connectivity index (χ3v) is 8.06. The molecule has 1 N–H and O–H groups in total. The number of nitrogens with one attached hydrogen (secondary N) is 1. The van der Waals surface area contributed by atoms with Crippen LogP contribution in [0.5, 0.6) is 23.0 Å². The topological polar surface area (TPSA) is 69.3 Å². The molecule has 11 heteroatoms. The first-order valence-electron chi connectivity index (χ1n) is 14.1. The maximum Gasteiger partial charge on any atom is 0.417 e. The first-order chi connectivity index (χ1) is 20.8. The van der Waals surface area contributed by atoms with Gasteiger partial charge in [0.2, 0.25) is 6.79 Å². The highest BCUT2D eigenvalue weighted by molar-refractivity contribution is 6.32. The molecule has 0 bridgehead atoms. The minimum atomic E-state index is -4.57. The molecule has 2 heterocycles. The van der Waals surface area contributed by atoms with Crippen molar-refractivity contribution in [2.45, 2.75) is 38.0 Å². The fourth-order valence-electron chi connectivity index (χ4n) is 5.28. The predicted molar refractivity (Wildman–Crippen MR) is 154 cm³/mol.